The van der Waals surface area contributed by atoms with Crippen LogP contribution >= 0.6 is 0 Å². The molecule has 0 aromatic heterocycles. The van der Waals surface area contributed by atoms with E-state index in [1.807, 2.05) is 30.3 Å². The quantitative estimate of drug-likeness (QED) is 0.907. The van der Waals surface area contributed by atoms with Crippen molar-refractivity contribution in [2.45, 2.75) is 20.0 Å². The maximum absolute atomic E-state index is 11.9. The predicted octanol–water partition coefficient (Wildman–Crippen LogP) is 2.39. The lowest BCUT2D eigenvalue weighted by atomic mass is 10.2. The lowest BCUT2D eigenvalue weighted by Gasteiger charge is -2.17. The molecule has 0 saturated carbocycles. The second kappa shape index (κ2) is 5.56. The topological polar surface area (TPSA) is 66.8 Å². The van der Waals surface area contributed by atoms with Crippen LogP contribution in [-0.2, 0) is 16.1 Å². The first-order valence-corrected chi connectivity index (χ1v) is 6.01. The molecular formula is C14H15NO4. The second-order valence-corrected chi connectivity index (χ2v) is 4.31. The Bertz CT molecular complexity index is 522. The molecule has 0 bridgehead atoms. The highest BCUT2D eigenvalue weighted by molar-refractivity contribution is 5.89. The van der Waals surface area contributed by atoms with Crippen LogP contribution in [-0.4, -0.2) is 28.6 Å². The number of rotatable bonds is 3. The fraction of sp³-hybridized carbons (Fsp3) is 0.286. The Balaban J connectivity index is 1.97. The van der Waals surface area contributed by atoms with Crippen molar-refractivity contribution >= 4 is 12.1 Å². The molecule has 100 valence electrons. The molecule has 1 aliphatic rings. The van der Waals surface area contributed by atoms with Gasteiger partial charge in [-0.2, -0.15) is 0 Å². The molecule has 2 rings (SSSR count). The highest BCUT2D eigenvalue weighted by Crippen LogP contribution is 2.23. The zero-order valence-electron chi connectivity index (χ0n) is 10.6. The second-order valence-electron chi connectivity index (χ2n) is 4.31. The lowest BCUT2D eigenvalue weighted by molar-refractivity contribution is -0.132. The van der Waals surface area contributed by atoms with Crippen molar-refractivity contribution in [2.24, 2.45) is 0 Å². The van der Waals surface area contributed by atoms with E-state index in [1.165, 1.54) is 4.90 Å². The first kappa shape index (κ1) is 13.1. The first-order valence-electron chi connectivity index (χ1n) is 6.01. The third-order valence-corrected chi connectivity index (χ3v) is 3.11. The molecule has 0 spiro atoms. The minimum Gasteiger partial charge on any atom is -0.478 e. The van der Waals surface area contributed by atoms with E-state index in [0.717, 1.165) is 5.56 Å². The standard InChI is InChI=1S/C14H15NO4/c1-10-12(13(16)17)7-8-15(10)14(18)19-9-11-5-3-2-4-6-11/h2-6H,7-9H2,1H3,(H,16,17). The van der Waals surface area contributed by atoms with Gasteiger partial charge in [-0.25, -0.2) is 9.59 Å². The highest BCUT2D eigenvalue weighted by atomic mass is 16.6. The third-order valence-electron chi connectivity index (χ3n) is 3.11. The Morgan fingerprint density at radius 1 is 1.32 bits per heavy atom. The Kier molecular flexibility index (Phi) is 3.85. The van der Waals surface area contributed by atoms with Crippen molar-refractivity contribution in [1.29, 1.82) is 0 Å². The van der Waals surface area contributed by atoms with Crippen LogP contribution in [0, 0.1) is 0 Å². The first-order chi connectivity index (χ1) is 9.09. The summed E-state index contributed by atoms with van der Waals surface area (Å²) in [6, 6.07) is 9.35. The maximum atomic E-state index is 11.9. The summed E-state index contributed by atoms with van der Waals surface area (Å²) in [5.41, 5.74) is 1.64. The molecular weight excluding hydrogens is 246 g/mol. The number of carboxylic acids is 1. The van der Waals surface area contributed by atoms with Crippen LogP contribution in [0.5, 0.6) is 0 Å². The van der Waals surface area contributed by atoms with Gasteiger partial charge in [-0.1, -0.05) is 30.3 Å². The molecule has 5 nitrogen and oxygen atoms in total. The maximum Gasteiger partial charge on any atom is 0.414 e. The number of carbonyl (C=O) groups is 2. The molecule has 19 heavy (non-hydrogen) atoms. The van der Waals surface area contributed by atoms with Gasteiger partial charge in [0.25, 0.3) is 0 Å². The van der Waals surface area contributed by atoms with E-state index >= 15 is 0 Å². The molecule has 1 aliphatic heterocycles. The number of allylic oxidation sites excluding steroid dienone is 1. The number of hydrogen-bond donors (Lipinski definition) is 1. The van der Waals surface area contributed by atoms with Crippen LogP contribution in [0.15, 0.2) is 41.6 Å². The zero-order chi connectivity index (χ0) is 13.8. The van der Waals surface area contributed by atoms with Gasteiger partial charge >= 0.3 is 12.1 Å². The summed E-state index contributed by atoms with van der Waals surface area (Å²) in [4.78, 5) is 24.2. The van der Waals surface area contributed by atoms with Gasteiger partial charge in [0.15, 0.2) is 0 Å². The van der Waals surface area contributed by atoms with E-state index in [0.29, 0.717) is 18.7 Å². The molecule has 0 unspecified atom stereocenters. The Labute approximate surface area is 111 Å². The fourth-order valence-corrected chi connectivity index (χ4v) is 2.02. The number of nitrogens with zero attached hydrogens (tertiary/aromatic N) is 1. The van der Waals surface area contributed by atoms with Gasteiger partial charge < -0.3 is 9.84 Å². The highest BCUT2D eigenvalue weighted by Gasteiger charge is 2.28. The summed E-state index contributed by atoms with van der Waals surface area (Å²) in [5.74, 6) is -0.976. The minimum atomic E-state index is -0.976. The van der Waals surface area contributed by atoms with E-state index in [-0.39, 0.29) is 12.2 Å². The van der Waals surface area contributed by atoms with Crippen LogP contribution < -0.4 is 0 Å². The van der Waals surface area contributed by atoms with Crippen LogP contribution in [0.4, 0.5) is 4.79 Å². The average Bonchev–Trinajstić information content (AvgIpc) is 2.79. The number of carboxylic acid groups (broad SMARTS) is 1. The molecule has 1 heterocycles. The fourth-order valence-electron chi connectivity index (χ4n) is 2.02. The lowest BCUT2D eigenvalue weighted by Crippen LogP contribution is -2.27. The minimum absolute atomic E-state index is 0.186. The normalized spacial score (nSPS) is 14.7. The summed E-state index contributed by atoms with van der Waals surface area (Å²) >= 11 is 0. The van der Waals surface area contributed by atoms with E-state index in [4.69, 9.17) is 9.84 Å². The van der Waals surface area contributed by atoms with Gasteiger partial charge in [-0.05, 0) is 18.9 Å². The molecule has 0 radical (unpaired) electrons. The molecule has 1 N–H and O–H groups in total. The molecule has 1 amide bonds. The van der Waals surface area contributed by atoms with E-state index in [9.17, 15) is 9.59 Å². The van der Waals surface area contributed by atoms with Crippen LogP contribution in [0.3, 0.4) is 0 Å². The smallest absolute Gasteiger partial charge is 0.414 e. The number of amides is 1. The largest absolute Gasteiger partial charge is 0.478 e. The molecule has 5 heteroatoms. The monoisotopic (exact) mass is 261 g/mol. The van der Waals surface area contributed by atoms with Crippen molar-refractivity contribution in [3.8, 4) is 0 Å². The number of carbonyl (C=O) groups excluding carboxylic acids is 1. The Morgan fingerprint density at radius 3 is 2.58 bits per heavy atom. The molecule has 0 aliphatic carbocycles. The summed E-state index contributed by atoms with van der Waals surface area (Å²) in [6.45, 7) is 2.17. The van der Waals surface area contributed by atoms with Gasteiger partial charge in [-0.3, -0.25) is 4.90 Å². The summed E-state index contributed by atoms with van der Waals surface area (Å²) in [6.07, 6.45) is -0.140. The SMILES string of the molecule is CC1=C(C(=O)O)CCN1C(=O)OCc1ccccc1. The van der Waals surface area contributed by atoms with Gasteiger partial charge in [0.1, 0.15) is 6.61 Å². The third kappa shape index (κ3) is 2.93. The van der Waals surface area contributed by atoms with E-state index in [2.05, 4.69) is 0 Å². The van der Waals surface area contributed by atoms with Crippen molar-refractivity contribution in [3.05, 3.63) is 47.2 Å². The van der Waals surface area contributed by atoms with Crippen molar-refractivity contribution < 1.29 is 19.4 Å². The van der Waals surface area contributed by atoms with E-state index < -0.39 is 12.1 Å². The molecule has 0 fully saturated rings. The van der Waals surface area contributed by atoms with Crippen LogP contribution in [0.1, 0.15) is 18.9 Å². The van der Waals surface area contributed by atoms with E-state index in [1.54, 1.807) is 6.92 Å². The number of hydrogen-bond acceptors (Lipinski definition) is 3. The van der Waals surface area contributed by atoms with Crippen LogP contribution in [0.25, 0.3) is 0 Å². The van der Waals surface area contributed by atoms with Gasteiger partial charge in [0.05, 0.1) is 5.57 Å². The van der Waals surface area contributed by atoms with Crippen molar-refractivity contribution in [3.63, 3.8) is 0 Å². The van der Waals surface area contributed by atoms with Gasteiger partial charge in [-0.15, -0.1) is 0 Å². The molecule has 0 saturated heterocycles. The number of aliphatic carboxylic acids is 1. The predicted molar refractivity (Wildman–Crippen MR) is 68.3 cm³/mol. The Morgan fingerprint density at radius 2 is 2.00 bits per heavy atom. The molecule has 1 aromatic carbocycles. The van der Waals surface area contributed by atoms with Gasteiger partial charge in [0.2, 0.25) is 0 Å². The van der Waals surface area contributed by atoms with Gasteiger partial charge in [0, 0.05) is 12.2 Å². The summed E-state index contributed by atoms with van der Waals surface area (Å²) in [5, 5.41) is 8.95. The zero-order valence-corrected chi connectivity index (χ0v) is 10.6. The molecule has 0 atom stereocenters. The summed E-state index contributed by atoms with van der Waals surface area (Å²) in [7, 11) is 0. The Hall–Kier alpha value is -2.30. The average molecular weight is 261 g/mol. The van der Waals surface area contributed by atoms with Crippen molar-refractivity contribution in [1.82, 2.24) is 4.90 Å². The molecule has 1 aromatic rings. The van der Waals surface area contributed by atoms with Crippen LogP contribution in [0.2, 0.25) is 0 Å². The number of benzene rings is 1. The summed E-state index contributed by atoms with van der Waals surface area (Å²) < 4.78 is 5.17. The number of ether oxygens (including phenoxy) is 1. The van der Waals surface area contributed by atoms with Crippen molar-refractivity contribution in [2.75, 3.05) is 6.54 Å².